The van der Waals surface area contributed by atoms with E-state index in [0.717, 1.165) is 4.90 Å². The Labute approximate surface area is 136 Å². The summed E-state index contributed by atoms with van der Waals surface area (Å²) >= 11 is 0. The first-order valence-corrected chi connectivity index (χ1v) is 7.20. The van der Waals surface area contributed by atoms with Crippen molar-refractivity contribution in [3.05, 3.63) is 41.6 Å². The van der Waals surface area contributed by atoms with Crippen molar-refractivity contribution in [1.82, 2.24) is 10.2 Å². The number of fused-ring (bicyclic) bond motifs is 1. The number of carboxylic acids is 1. The molecule has 1 saturated heterocycles. The Morgan fingerprint density at radius 3 is 2.54 bits per heavy atom. The number of para-hydroxylation sites is 1. The van der Waals surface area contributed by atoms with Crippen LogP contribution >= 0.6 is 0 Å². The number of ether oxygens (including phenoxy) is 1. The predicted molar refractivity (Wildman–Crippen MR) is 79.8 cm³/mol. The van der Waals surface area contributed by atoms with Crippen LogP contribution in [-0.4, -0.2) is 52.3 Å². The van der Waals surface area contributed by atoms with Gasteiger partial charge >= 0.3 is 5.97 Å². The lowest BCUT2D eigenvalue weighted by Crippen LogP contribution is -2.71. The number of nitrogens with zero attached hydrogens (tertiary/aromatic N) is 1. The van der Waals surface area contributed by atoms with Crippen LogP contribution in [0.3, 0.4) is 0 Å². The molecule has 8 heteroatoms. The van der Waals surface area contributed by atoms with Gasteiger partial charge in [0, 0.05) is 5.57 Å². The number of carbonyl (C=O) groups is 4. The van der Waals surface area contributed by atoms with E-state index in [1.807, 2.05) is 0 Å². The van der Waals surface area contributed by atoms with Crippen LogP contribution in [0.15, 0.2) is 41.6 Å². The van der Waals surface area contributed by atoms with Crippen molar-refractivity contribution in [2.24, 2.45) is 0 Å². The molecule has 1 fully saturated rings. The molecule has 2 aliphatic rings. The second-order valence-corrected chi connectivity index (χ2v) is 5.44. The summed E-state index contributed by atoms with van der Waals surface area (Å²) in [7, 11) is 0. The van der Waals surface area contributed by atoms with Crippen LogP contribution < -0.4 is 10.1 Å². The van der Waals surface area contributed by atoms with Crippen LogP contribution in [0, 0.1) is 0 Å². The third-order valence-electron chi connectivity index (χ3n) is 3.96. The van der Waals surface area contributed by atoms with Crippen molar-refractivity contribution in [3.63, 3.8) is 0 Å². The predicted octanol–water partition coefficient (Wildman–Crippen LogP) is -0.298. The van der Waals surface area contributed by atoms with Crippen LogP contribution in [0.4, 0.5) is 0 Å². The van der Waals surface area contributed by atoms with Gasteiger partial charge in [0.05, 0.1) is 0 Å². The molecular formula is C16H14N2O6. The molecule has 0 bridgehead atoms. The van der Waals surface area contributed by atoms with E-state index in [1.165, 1.54) is 6.92 Å². The van der Waals surface area contributed by atoms with E-state index in [4.69, 9.17) is 9.84 Å². The Hall–Kier alpha value is -3.16. The fourth-order valence-corrected chi connectivity index (χ4v) is 2.81. The summed E-state index contributed by atoms with van der Waals surface area (Å²) in [4.78, 5) is 48.2. The van der Waals surface area contributed by atoms with Crippen LogP contribution in [0.1, 0.15) is 6.92 Å². The van der Waals surface area contributed by atoms with E-state index in [2.05, 4.69) is 5.32 Å². The Morgan fingerprint density at radius 1 is 1.25 bits per heavy atom. The number of hydrogen-bond donors (Lipinski definition) is 2. The van der Waals surface area contributed by atoms with Crippen LogP contribution in [-0.2, 0) is 19.2 Å². The molecule has 1 unspecified atom stereocenters. The third-order valence-corrected chi connectivity index (χ3v) is 3.96. The molecule has 2 heterocycles. The largest absolute Gasteiger partial charge is 0.484 e. The lowest BCUT2D eigenvalue weighted by Gasteiger charge is -2.41. The molecule has 1 aromatic carbocycles. The molecule has 2 amide bonds. The zero-order valence-electron chi connectivity index (χ0n) is 12.7. The second kappa shape index (κ2) is 5.80. The number of hydrogen-bond acceptors (Lipinski definition) is 5. The lowest BCUT2D eigenvalue weighted by molar-refractivity contribution is -0.155. The Morgan fingerprint density at radius 2 is 1.92 bits per heavy atom. The summed E-state index contributed by atoms with van der Waals surface area (Å²) in [5, 5.41) is 11.5. The minimum atomic E-state index is -1.34. The number of benzene rings is 1. The average molecular weight is 330 g/mol. The number of rotatable bonds is 5. The quantitative estimate of drug-likeness (QED) is 0.717. The maximum atomic E-state index is 12.1. The summed E-state index contributed by atoms with van der Waals surface area (Å²) in [6.07, 6.45) is 0. The molecule has 0 aliphatic carbocycles. The summed E-state index contributed by atoms with van der Waals surface area (Å²) < 4.78 is 5.26. The fourth-order valence-electron chi connectivity index (χ4n) is 2.81. The molecule has 0 saturated carbocycles. The lowest BCUT2D eigenvalue weighted by atomic mass is 9.93. The molecular weight excluding hydrogens is 316 g/mol. The molecule has 0 spiro atoms. The first kappa shape index (κ1) is 15.7. The summed E-state index contributed by atoms with van der Waals surface area (Å²) in [5.41, 5.74) is -0.306. The van der Waals surface area contributed by atoms with E-state index >= 15 is 0 Å². The SMILES string of the molecule is CC1=C(C(=O)O)N2C(=O)C(NC(=O)COc3ccccc3)[C@H]2C1=O. The molecule has 124 valence electrons. The number of Topliss-reactive ketones (excluding diaryl/α,β-unsaturated/α-hetero) is 1. The molecule has 1 aromatic rings. The Kier molecular flexibility index (Phi) is 3.80. The zero-order valence-corrected chi connectivity index (χ0v) is 12.7. The smallest absolute Gasteiger partial charge is 0.353 e. The topological polar surface area (TPSA) is 113 Å². The molecule has 0 aromatic heterocycles. The third kappa shape index (κ3) is 2.41. The van der Waals surface area contributed by atoms with Crippen molar-refractivity contribution < 1.29 is 29.0 Å². The zero-order chi connectivity index (χ0) is 17.4. The second-order valence-electron chi connectivity index (χ2n) is 5.44. The minimum Gasteiger partial charge on any atom is -0.484 e. The fraction of sp³-hybridized carbons (Fsp3) is 0.250. The van der Waals surface area contributed by atoms with Crippen LogP contribution in [0.5, 0.6) is 5.75 Å². The van der Waals surface area contributed by atoms with E-state index in [0.29, 0.717) is 5.75 Å². The van der Waals surface area contributed by atoms with Crippen molar-refractivity contribution in [3.8, 4) is 5.75 Å². The van der Waals surface area contributed by atoms with E-state index in [1.54, 1.807) is 30.3 Å². The van der Waals surface area contributed by atoms with Gasteiger partial charge in [0.25, 0.3) is 11.8 Å². The van der Waals surface area contributed by atoms with Gasteiger partial charge in [-0.05, 0) is 19.1 Å². The summed E-state index contributed by atoms with van der Waals surface area (Å²) in [5.74, 6) is -2.49. The van der Waals surface area contributed by atoms with E-state index < -0.39 is 35.7 Å². The van der Waals surface area contributed by atoms with Crippen LogP contribution in [0.25, 0.3) is 0 Å². The molecule has 2 atom stereocenters. The highest BCUT2D eigenvalue weighted by Crippen LogP contribution is 2.36. The number of carbonyl (C=O) groups excluding carboxylic acids is 3. The average Bonchev–Trinajstić information content (AvgIpc) is 2.81. The van der Waals surface area contributed by atoms with Crippen LogP contribution in [0.2, 0.25) is 0 Å². The highest BCUT2D eigenvalue weighted by atomic mass is 16.5. The van der Waals surface area contributed by atoms with E-state index in [9.17, 15) is 19.2 Å². The molecule has 3 rings (SSSR count). The first-order valence-electron chi connectivity index (χ1n) is 7.20. The minimum absolute atomic E-state index is 0.0122. The molecule has 24 heavy (non-hydrogen) atoms. The van der Waals surface area contributed by atoms with Gasteiger partial charge in [0.1, 0.15) is 23.5 Å². The van der Waals surface area contributed by atoms with Crippen molar-refractivity contribution >= 4 is 23.6 Å². The normalized spacial score (nSPS) is 22.1. The Bertz CT molecular complexity index is 770. The molecule has 0 radical (unpaired) electrons. The molecule has 2 N–H and O–H groups in total. The molecule has 2 aliphatic heterocycles. The van der Waals surface area contributed by atoms with Gasteiger partial charge in [-0.25, -0.2) is 4.79 Å². The number of amides is 2. The van der Waals surface area contributed by atoms with Gasteiger partial charge in [-0.3, -0.25) is 19.3 Å². The number of β-lactam (4-membered cyclic amide) rings is 1. The van der Waals surface area contributed by atoms with Gasteiger partial charge in [-0.1, -0.05) is 18.2 Å². The standard InChI is InChI=1S/C16H14N2O6/c1-8-12(16(22)23)18-13(14(8)20)11(15(18)21)17-10(19)7-24-9-5-3-2-4-6-9/h2-6,11,13H,7H2,1H3,(H,17,19)(H,22,23)/t11?,13-/m0/s1. The summed E-state index contributed by atoms with van der Waals surface area (Å²) in [6, 6.07) is 6.61. The summed E-state index contributed by atoms with van der Waals surface area (Å²) in [6.45, 7) is 1.04. The molecule has 8 nitrogen and oxygen atoms in total. The maximum Gasteiger partial charge on any atom is 0.353 e. The highest BCUT2D eigenvalue weighted by molar-refractivity contribution is 6.19. The van der Waals surface area contributed by atoms with Gasteiger partial charge in [-0.15, -0.1) is 0 Å². The monoisotopic (exact) mass is 330 g/mol. The van der Waals surface area contributed by atoms with E-state index in [-0.39, 0.29) is 17.9 Å². The van der Waals surface area contributed by atoms with Gasteiger partial charge in [0.15, 0.2) is 12.4 Å². The highest BCUT2D eigenvalue weighted by Gasteiger charge is 2.59. The number of aliphatic carboxylic acids is 1. The number of carboxylic acid groups (broad SMARTS) is 1. The van der Waals surface area contributed by atoms with Gasteiger partial charge in [0.2, 0.25) is 0 Å². The van der Waals surface area contributed by atoms with Gasteiger partial charge < -0.3 is 15.2 Å². The Balaban J connectivity index is 1.62. The first-order chi connectivity index (χ1) is 11.4. The van der Waals surface area contributed by atoms with Crippen molar-refractivity contribution in [2.75, 3.05) is 6.61 Å². The maximum absolute atomic E-state index is 12.1. The van der Waals surface area contributed by atoms with Crippen molar-refractivity contribution in [1.29, 1.82) is 0 Å². The van der Waals surface area contributed by atoms with Gasteiger partial charge in [-0.2, -0.15) is 0 Å². The number of nitrogens with one attached hydrogen (secondary N) is 1. The number of ketones is 1. The van der Waals surface area contributed by atoms with Crippen molar-refractivity contribution in [2.45, 2.75) is 19.0 Å².